The van der Waals surface area contributed by atoms with Crippen molar-refractivity contribution in [3.63, 3.8) is 0 Å². The Morgan fingerprint density at radius 1 is 1.33 bits per heavy atom. The van der Waals surface area contributed by atoms with E-state index in [1.54, 1.807) is 19.1 Å². The molecule has 0 fully saturated rings. The van der Waals surface area contributed by atoms with E-state index in [-0.39, 0.29) is 6.03 Å². The van der Waals surface area contributed by atoms with Crippen molar-refractivity contribution in [2.45, 2.75) is 27.2 Å². The van der Waals surface area contributed by atoms with Gasteiger partial charge in [0.05, 0.1) is 18.5 Å². The number of urea groups is 1. The molecule has 2 aromatic rings. The number of ether oxygens (including phenoxy) is 1. The van der Waals surface area contributed by atoms with Crippen molar-refractivity contribution in [3.05, 3.63) is 40.7 Å². The van der Waals surface area contributed by atoms with Gasteiger partial charge in [0.15, 0.2) is 0 Å². The zero-order chi connectivity index (χ0) is 17.9. The van der Waals surface area contributed by atoms with Gasteiger partial charge in [-0.05, 0) is 50.5 Å². The van der Waals surface area contributed by atoms with Crippen LogP contribution < -0.4 is 10.1 Å². The molecule has 0 aliphatic heterocycles. The topological polar surface area (TPSA) is 59.4 Å². The minimum Gasteiger partial charge on any atom is -0.495 e. The first-order valence-corrected chi connectivity index (χ1v) is 7.99. The van der Waals surface area contributed by atoms with Crippen molar-refractivity contribution < 1.29 is 9.53 Å². The second-order valence-corrected chi connectivity index (χ2v) is 6.08. The predicted molar refractivity (Wildman–Crippen MR) is 95.8 cm³/mol. The number of aryl methyl sites for hydroxylation is 3. The lowest BCUT2D eigenvalue weighted by Gasteiger charge is -2.19. The molecule has 0 unspecified atom stereocenters. The largest absolute Gasteiger partial charge is 0.495 e. The number of likely N-dealkylation sites (N-methyl/N-ethyl adjacent to an activating group) is 1. The summed E-state index contributed by atoms with van der Waals surface area (Å²) in [6, 6.07) is 5.55. The Labute approximate surface area is 143 Å². The van der Waals surface area contributed by atoms with Crippen molar-refractivity contribution in [1.82, 2.24) is 14.7 Å². The molecule has 0 bridgehead atoms. The number of nitrogens with zero attached hydrogens (tertiary/aromatic N) is 3. The Kier molecular flexibility index (Phi) is 5.49. The molecule has 0 atom stereocenters. The average molecular weight is 330 g/mol. The van der Waals surface area contributed by atoms with Crippen LogP contribution in [0.3, 0.4) is 0 Å². The number of aromatic nitrogens is 2. The molecule has 130 valence electrons. The van der Waals surface area contributed by atoms with E-state index in [9.17, 15) is 4.79 Å². The zero-order valence-corrected chi connectivity index (χ0v) is 15.3. The first-order chi connectivity index (χ1) is 11.3. The molecule has 0 aliphatic rings. The van der Waals surface area contributed by atoms with Crippen LogP contribution in [-0.2, 0) is 13.5 Å². The molecule has 2 rings (SSSR count). The van der Waals surface area contributed by atoms with Gasteiger partial charge >= 0.3 is 6.03 Å². The lowest BCUT2D eigenvalue weighted by Crippen LogP contribution is -2.33. The lowest BCUT2D eigenvalue weighted by atomic mass is 10.1. The van der Waals surface area contributed by atoms with Gasteiger partial charge in [-0.1, -0.05) is 6.07 Å². The summed E-state index contributed by atoms with van der Waals surface area (Å²) in [4.78, 5) is 14.1. The molecule has 1 heterocycles. The summed E-state index contributed by atoms with van der Waals surface area (Å²) in [5, 5.41) is 7.33. The minimum absolute atomic E-state index is 0.155. The van der Waals surface area contributed by atoms with E-state index in [1.807, 2.05) is 50.7 Å². The summed E-state index contributed by atoms with van der Waals surface area (Å²) in [7, 11) is 5.32. The number of amides is 2. The molecule has 6 heteroatoms. The quantitative estimate of drug-likeness (QED) is 0.916. The van der Waals surface area contributed by atoms with E-state index in [0.717, 1.165) is 23.4 Å². The van der Waals surface area contributed by atoms with Crippen molar-refractivity contribution in [2.75, 3.05) is 26.0 Å². The van der Waals surface area contributed by atoms with E-state index >= 15 is 0 Å². The lowest BCUT2D eigenvalue weighted by molar-refractivity contribution is 0.223. The Bertz CT molecular complexity index is 737. The molecule has 0 spiro atoms. The number of carbonyl (C=O) groups is 1. The van der Waals surface area contributed by atoms with Crippen molar-refractivity contribution in [1.29, 1.82) is 0 Å². The highest BCUT2D eigenvalue weighted by atomic mass is 16.5. The fraction of sp³-hybridized carbons (Fsp3) is 0.444. The number of carbonyl (C=O) groups excluding carboxylic acids is 1. The van der Waals surface area contributed by atoms with Crippen molar-refractivity contribution in [3.8, 4) is 5.75 Å². The van der Waals surface area contributed by atoms with E-state index in [1.165, 1.54) is 5.56 Å². The van der Waals surface area contributed by atoms with E-state index in [2.05, 4.69) is 10.4 Å². The van der Waals surface area contributed by atoms with Gasteiger partial charge < -0.3 is 15.0 Å². The van der Waals surface area contributed by atoms with Crippen LogP contribution in [0, 0.1) is 20.8 Å². The van der Waals surface area contributed by atoms with Crippen LogP contribution in [0.15, 0.2) is 18.2 Å². The van der Waals surface area contributed by atoms with Gasteiger partial charge in [-0.25, -0.2) is 4.79 Å². The second kappa shape index (κ2) is 7.38. The maximum absolute atomic E-state index is 12.4. The first-order valence-electron chi connectivity index (χ1n) is 7.99. The van der Waals surface area contributed by atoms with Crippen LogP contribution in [-0.4, -0.2) is 41.4 Å². The molecule has 1 N–H and O–H groups in total. The van der Waals surface area contributed by atoms with Gasteiger partial charge in [0.1, 0.15) is 5.75 Å². The Balaban J connectivity index is 2.01. The van der Waals surface area contributed by atoms with Gasteiger partial charge in [0, 0.05) is 26.3 Å². The standard InChI is InChI=1S/C18H26N4O2/c1-12-7-8-17(24-6)16(11-12)19-18(23)21(4)10-9-15-13(2)20-22(5)14(15)3/h7-8,11H,9-10H2,1-6H3,(H,19,23). The molecule has 24 heavy (non-hydrogen) atoms. The number of nitrogens with one attached hydrogen (secondary N) is 1. The molecule has 0 radical (unpaired) electrons. The highest BCUT2D eigenvalue weighted by Gasteiger charge is 2.14. The van der Waals surface area contributed by atoms with Gasteiger partial charge in [-0.2, -0.15) is 5.10 Å². The number of anilines is 1. The third-order valence-electron chi connectivity index (χ3n) is 4.30. The second-order valence-electron chi connectivity index (χ2n) is 6.08. The van der Waals surface area contributed by atoms with E-state index in [4.69, 9.17) is 4.74 Å². The van der Waals surface area contributed by atoms with Gasteiger partial charge in [0.25, 0.3) is 0 Å². The highest BCUT2D eigenvalue weighted by molar-refractivity contribution is 5.91. The number of methoxy groups -OCH3 is 1. The minimum atomic E-state index is -0.155. The van der Waals surface area contributed by atoms with Gasteiger partial charge in [-0.3, -0.25) is 4.68 Å². The number of hydrogen-bond acceptors (Lipinski definition) is 3. The van der Waals surface area contributed by atoms with E-state index < -0.39 is 0 Å². The summed E-state index contributed by atoms with van der Waals surface area (Å²) in [5.41, 5.74) is 5.11. The molecular weight excluding hydrogens is 304 g/mol. The van der Waals surface area contributed by atoms with Crippen molar-refractivity contribution >= 4 is 11.7 Å². The molecule has 0 aliphatic carbocycles. The fourth-order valence-electron chi connectivity index (χ4n) is 2.69. The SMILES string of the molecule is COc1ccc(C)cc1NC(=O)N(C)CCc1c(C)nn(C)c1C. The summed E-state index contributed by atoms with van der Waals surface area (Å²) in [5.74, 6) is 0.654. The number of hydrogen-bond donors (Lipinski definition) is 1. The van der Waals surface area contributed by atoms with Crippen LogP contribution in [0.2, 0.25) is 0 Å². The van der Waals surface area contributed by atoms with Gasteiger partial charge in [-0.15, -0.1) is 0 Å². The summed E-state index contributed by atoms with van der Waals surface area (Å²) in [6.45, 7) is 6.65. The molecule has 6 nitrogen and oxygen atoms in total. The number of benzene rings is 1. The summed E-state index contributed by atoms with van der Waals surface area (Å²) < 4.78 is 7.18. The van der Waals surface area contributed by atoms with Crippen LogP contribution in [0.4, 0.5) is 10.5 Å². The molecule has 2 amide bonds. The van der Waals surface area contributed by atoms with E-state index in [0.29, 0.717) is 18.0 Å². The van der Waals surface area contributed by atoms with Crippen LogP contribution in [0.1, 0.15) is 22.5 Å². The highest BCUT2D eigenvalue weighted by Crippen LogP contribution is 2.25. The van der Waals surface area contributed by atoms with Gasteiger partial charge in [0.2, 0.25) is 0 Å². The van der Waals surface area contributed by atoms with Crippen LogP contribution in [0.25, 0.3) is 0 Å². The third kappa shape index (κ3) is 3.88. The molecule has 0 saturated carbocycles. The first kappa shape index (κ1) is 17.8. The fourth-order valence-corrected chi connectivity index (χ4v) is 2.69. The molecule has 0 saturated heterocycles. The molecule has 1 aromatic carbocycles. The van der Waals surface area contributed by atoms with Crippen LogP contribution >= 0.6 is 0 Å². The van der Waals surface area contributed by atoms with Crippen LogP contribution in [0.5, 0.6) is 5.75 Å². The Morgan fingerprint density at radius 2 is 2.04 bits per heavy atom. The summed E-state index contributed by atoms with van der Waals surface area (Å²) in [6.07, 6.45) is 0.778. The molecular formula is C18H26N4O2. The third-order valence-corrected chi connectivity index (χ3v) is 4.30. The number of rotatable bonds is 5. The average Bonchev–Trinajstić information content (AvgIpc) is 2.78. The Morgan fingerprint density at radius 3 is 2.62 bits per heavy atom. The maximum Gasteiger partial charge on any atom is 0.321 e. The maximum atomic E-state index is 12.4. The molecule has 1 aromatic heterocycles. The zero-order valence-electron chi connectivity index (χ0n) is 15.3. The Hall–Kier alpha value is -2.50. The summed E-state index contributed by atoms with van der Waals surface area (Å²) >= 11 is 0. The monoisotopic (exact) mass is 330 g/mol. The van der Waals surface area contributed by atoms with Crippen molar-refractivity contribution in [2.24, 2.45) is 7.05 Å². The smallest absolute Gasteiger partial charge is 0.321 e. The normalized spacial score (nSPS) is 10.6. The predicted octanol–water partition coefficient (Wildman–Crippen LogP) is 3.06.